The largest absolute Gasteiger partial charge is 0.457 e. The molecule has 9 aromatic carbocycles. The summed E-state index contributed by atoms with van der Waals surface area (Å²) in [5, 5.41) is 17.1. The van der Waals surface area contributed by atoms with Crippen LogP contribution in [0.25, 0.3) is 105 Å². The Morgan fingerprint density at radius 3 is 1.51 bits per heavy atom. The number of aromatic nitrogens is 5. The van der Waals surface area contributed by atoms with Gasteiger partial charge in [0.25, 0.3) is 0 Å². The number of nitriles is 1. The van der Waals surface area contributed by atoms with Crippen molar-refractivity contribution in [1.82, 2.24) is 23.7 Å². The maximum atomic E-state index is 10.2. The number of pyridine rings is 2. The standard InChI is InChI=1S/C66H38N6O/c67-38-40-23-30-60-50(34-40)51-35-41(24-31-61(51)71(60)44-28-26-43(27-29-44)70-56-18-6-1-12-46(56)47-13-2-7-19-57(47)70)42-25-32-63-54(36-42)66(52-16-5-10-22-62(52)73-63)53-17-11-33-68-64(53)65-55(66)37-45(39-69-65)72-58-20-8-3-14-48(58)49-15-4-9-21-59(49)72/h1-37,39H/t66-/m1/s1. The van der Waals surface area contributed by atoms with Gasteiger partial charge in [0, 0.05) is 66.6 Å². The third-order valence-corrected chi connectivity index (χ3v) is 15.6. The summed E-state index contributed by atoms with van der Waals surface area (Å²) >= 11 is 0. The molecule has 0 amide bonds. The van der Waals surface area contributed by atoms with E-state index in [-0.39, 0.29) is 0 Å². The molecule has 2 aliphatic rings. The quantitative estimate of drug-likeness (QED) is 0.176. The first-order valence-corrected chi connectivity index (χ1v) is 24.6. The molecular weight excluding hydrogens is 893 g/mol. The average Bonchev–Trinajstić information content (AvgIpc) is 4.23. The first kappa shape index (κ1) is 39.8. The average molecular weight is 931 g/mol. The number of rotatable bonds is 4. The van der Waals surface area contributed by atoms with Crippen LogP contribution in [0.15, 0.2) is 231 Å². The van der Waals surface area contributed by atoms with Gasteiger partial charge in [-0.3, -0.25) is 9.97 Å². The Bertz CT molecular complexity index is 4630. The Balaban J connectivity index is 0.883. The maximum absolute atomic E-state index is 10.2. The van der Waals surface area contributed by atoms with Crippen molar-refractivity contribution in [3.8, 4) is 57.1 Å². The van der Waals surface area contributed by atoms with Crippen LogP contribution in [-0.2, 0) is 5.41 Å². The Morgan fingerprint density at radius 2 is 0.863 bits per heavy atom. The van der Waals surface area contributed by atoms with E-state index in [1.807, 2.05) is 36.7 Å². The molecule has 0 bridgehead atoms. The Morgan fingerprint density at radius 1 is 0.370 bits per heavy atom. The highest BCUT2D eigenvalue weighted by molar-refractivity contribution is 6.12. The first-order chi connectivity index (χ1) is 36.2. The minimum atomic E-state index is -0.811. The molecule has 0 radical (unpaired) electrons. The van der Waals surface area contributed by atoms with Crippen LogP contribution in [0.1, 0.15) is 27.8 Å². The van der Waals surface area contributed by atoms with E-state index in [0.29, 0.717) is 5.56 Å². The fourth-order valence-electron chi connectivity index (χ4n) is 12.6. The van der Waals surface area contributed by atoms with Gasteiger partial charge in [0.05, 0.1) is 73.4 Å². The van der Waals surface area contributed by atoms with E-state index in [4.69, 9.17) is 14.7 Å². The number of para-hydroxylation sites is 5. The fraction of sp³-hybridized carbons (Fsp3) is 0.0152. The van der Waals surface area contributed by atoms with Crippen LogP contribution in [0, 0.1) is 11.3 Å². The Labute approximate surface area is 418 Å². The van der Waals surface area contributed by atoms with Crippen molar-refractivity contribution in [1.29, 1.82) is 5.26 Å². The molecule has 6 heterocycles. The molecule has 5 aromatic heterocycles. The summed E-state index contributed by atoms with van der Waals surface area (Å²) in [5.41, 5.74) is 17.6. The van der Waals surface area contributed by atoms with E-state index in [0.717, 1.165) is 106 Å². The van der Waals surface area contributed by atoms with Gasteiger partial charge in [-0.1, -0.05) is 109 Å². The molecule has 7 heteroatoms. The predicted octanol–water partition coefficient (Wildman–Crippen LogP) is 15.8. The summed E-state index contributed by atoms with van der Waals surface area (Å²) in [7, 11) is 0. The SMILES string of the molecule is N#Cc1ccc2c(c1)c1cc(-c3ccc4c(c3)[C@@]3(c5ccccc5O4)c4cccnc4-c4ncc(-n5c6ccccc6c6ccccc65)cc43)ccc1n2-c1ccc(-n2c3ccccc3c3ccccc32)cc1. The van der Waals surface area contributed by atoms with Crippen molar-refractivity contribution in [2.75, 3.05) is 0 Å². The molecule has 0 saturated heterocycles. The lowest BCUT2D eigenvalue weighted by atomic mass is 9.66. The highest BCUT2D eigenvalue weighted by atomic mass is 16.5. The van der Waals surface area contributed by atoms with E-state index in [1.54, 1.807) is 0 Å². The molecule has 7 nitrogen and oxygen atoms in total. The van der Waals surface area contributed by atoms with Crippen molar-refractivity contribution in [3.05, 3.63) is 259 Å². The van der Waals surface area contributed by atoms with Crippen LogP contribution in [0.2, 0.25) is 0 Å². The van der Waals surface area contributed by atoms with E-state index >= 15 is 0 Å². The summed E-state index contributed by atoms with van der Waals surface area (Å²) in [6.45, 7) is 0. The smallest absolute Gasteiger partial charge is 0.132 e. The lowest BCUT2D eigenvalue weighted by Gasteiger charge is -2.39. The second-order valence-corrected chi connectivity index (χ2v) is 19.2. The van der Waals surface area contributed by atoms with E-state index in [2.05, 4.69) is 214 Å². The number of hydrogen-bond acceptors (Lipinski definition) is 4. The zero-order valence-electron chi connectivity index (χ0n) is 39.0. The van der Waals surface area contributed by atoms with Crippen molar-refractivity contribution in [2.24, 2.45) is 0 Å². The monoisotopic (exact) mass is 930 g/mol. The molecule has 0 fully saturated rings. The van der Waals surface area contributed by atoms with Gasteiger partial charge in [-0.15, -0.1) is 0 Å². The number of fused-ring (bicyclic) bond motifs is 18. The minimum absolute atomic E-state index is 0.617. The van der Waals surface area contributed by atoms with Crippen molar-refractivity contribution in [3.63, 3.8) is 0 Å². The summed E-state index contributed by atoms with van der Waals surface area (Å²) < 4.78 is 13.9. The molecule has 14 aromatic rings. The van der Waals surface area contributed by atoms with Crippen LogP contribution >= 0.6 is 0 Å². The van der Waals surface area contributed by atoms with Crippen LogP contribution in [0.5, 0.6) is 11.5 Å². The lowest BCUT2D eigenvalue weighted by molar-refractivity contribution is 0.436. The van der Waals surface area contributed by atoms with Gasteiger partial charge >= 0.3 is 0 Å². The van der Waals surface area contributed by atoms with Crippen LogP contribution < -0.4 is 4.74 Å². The number of nitrogens with zero attached hydrogens (tertiary/aromatic N) is 6. The van der Waals surface area contributed by atoms with Gasteiger partial charge in [0.1, 0.15) is 11.5 Å². The van der Waals surface area contributed by atoms with Gasteiger partial charge < -0.3 is 18.4 Å². The number of benzene rings is 9. The van der Waals surface area contributed by atoms with Gasteiger partial charge in [-0.05, 0) is 126 Å². The zero-order chi connectivity index (χ0) is 47.9. The molecule has 0 N–H and O–H groups in total. The molecule has 16 rings (SSSR count). The van der Waals surface area contributed by atoms with Gasteiger partial charge in [0.2, 0.25) is 0 Å². The minimum Gasteiger partial charge on any atom is -0.457 e. The lowest BCUT2D eigenvalue weighted by Crippen LogP contribution is -2.32. The Kier molecular flexibility index (Phi) is 8.04. The molecule has 1 aliphatic heterocycles. The molecule has 1 aliphatic carbocycles. The van der Waals surface area contributed by atoms with Gasteiger partial charge in [0.15, 0.2) is 0 Å². The third-order valence-electron chi connectivity index (χ3n) is 15.6. The molecule has 338 valence electrons. The van der Waals surface area contributed by atoms with Crippen LogP contribution in [-0.4, -0.2) is 23.7 Å². The van der Waals surface area contributed by atoms with Crippen molar-refractivity contribution >= 4 is 65.4 Å². The van der Waals surface area contributed by atoms with Crippen LogP contribution in [0.4, 0.5) is 0 Å². The van der Waals surface area contributed by atoms with E-state index in [1.165, 1.54) is 32.6 Å². The molecule has 0 saturated carbocycles. The highest BCUT2D eigenvalue weighted by Gasteiger charge is 2.52. The second-order valence-electron chi connectivity index (χ2n) is 19.2. The van der Waals surface area contributed by atoms with Crippen molar-refractivity contribution in [2.45, 2.75) is 5.41 Å². The number of ether oxygens (including phenoxy) is 1. The fourth-order valence-corrected chi connectivity index (χ4v) is 12.6. The maximum Gasteiger partial charge on any atom is 0.132 e. The normalized spacial score (nSPS) is 14.5. The molecule has 73 heavy (non-hydrogen) atoms. The topological polar surface area (TPSA) is 73.6 Å². The third kappa shape index (κ3) is 5.36. The summed E-state index contributed by atoms with van der Waals surface area (Å²) in [6, 6.07) is 80.1. The first-order valence-electron chi connectivity index (χ1n) is 24.6. The highest BCUT2D eigenvalue weighted by Crippen LogP contribution is 2.62. The van der Waals surface area contributed by atoms with Gasteiger partial charge in [-0.2, -0.15) is 5.26 Å². The van der Waals surface area contributed by atoms with Gasteiger partial charge in [-0.25, -0.2) is 0 Å². The summed E-state index contributed by atoms with van der Waals surface area (Å²) in [4.78, 5) is 10.4. The molecule has 1 atom stereocenters. The Hall–Kier alpha value is -10.0. The van der Waals surface area contributed by atoms with Crippen LogP contribution in [0.3, 0.4) is 0 Å². The molecule has 0 unspecified atom stereocenters. The molecule has 1 spiro atoms. The zero-order valence-corrected chi connectivity index (χ0v) is 39.0. The second kappa shape index (κ2) is 14.8. The number of hydrogen-bond donors (Lipinski definition) is 0. The summed E-state index contributed by atoms with van der Waals surface area (Å²) in [5.74, 6) is 1.59. The molecular formula is C66H38N6O. The van der Waals surface area contributed by atoms with Crippen molar-refractivity contribution < 1.29 is 4.74 Å². The predicted molar refractivity (Wildman–Crippen MR) is 293 cm³/mol. The van der Waals surface area contributed by atoms with E-state index in [9.17, 15) is 5.26 Å². The summed E-state index contributed by atoms with van der Waals surface area (Å²) in [6.07, 6.45) is 3.87. The van der Waals surface area contributed by atoms with E-state index < -0.39 is 5.41 Å².